The van der Waals surface area contributed by atoms with Gasteiger partial charge in [-0.1, -0.05) is 48.8 Å². The Morgan fingerprint density at radius 2 is 1.95 bits per heavy atom. The first kappa shape index (κ1) is 18.7. The lowest BCUT2D eigenvalue weighted by Gasteiger charge is -2.35. The molecule has 0 fully saturated rings. The number of benzene rings is 1. The number of halogens is 1. The van der Waals surface area contributed by atoms with Crippen LogP contribution in [0.2, 0.25) is 0 Å². The summed E-state index contributed by atoms with van der Waals surface area (Å²) < 4.78 is 1.21. The zero-order valence-electron chi connectivity index (χ0n) is 14.5. The molecular weight excluding hydrogens is 324 g/mol. The summed E-state index contributed by atoms with van der Waals surface area (Å²) >= 11 is 3.73. The molecular formula is C18H31BrN2. The van der Waals surface area contributed by atoms with Gasteiger partial charge < -0.3 is 5.32 Å². The fraction of sp³-hybridized carbons (Fsp3) is 0.667. The van der Waals surface area contributed by atoms with Gasteiger partial charge in [-0.2, -0.15) is 0 Å². The molecule has 0 aliphatic heterocycles. The average Bonchev–Trinajstić information content (AvgIpc) is 2.41. The van der Waals surface area contributed by atoms with Crippen molar-refractivity contribution in [2.24, 2.45) is 5.92 Å². The van der Waals surface area contributed by atoms with Gasteiger partial charge in [0, 0.05) is 23.1 Å². The number of rotatable bonds is 8. The van der Waals surface area contributed by atoms with Crippen LogP contribution in [0.1, 0.15) is 52.2 Å². The summed E-state index contributed by atoms with van der Waals surface area (Å²) in [5.74, 6) is 0.692. The predicted octanol–water partition coefficient (Wildman–Crippen LogP) is 4.82. The van der Waals surface area contributed by atoms with Crippen molar-refractivity contribution in [3.63, 3.8) is 0 Å². The van der Waals surface area contributed by atoms with Crippen molar-refractivity contribution in [2.45, 2.75) is 59.7 Å². The number of hydrogen-bond acceptors (Lipinski definition) is 2. The van der Waals surface area contributed by atoms with Gasteiger partial charge in [0.15, 0.2) is 0 Å². The highest BCUT2D eigenvalue weighted by atomic mass is 79.9. The Kier molecular flexibility index (Phi) is 7.38. The van der Waals surface area contributed by atoms with E-state index in [9.17, 15) is 0 Å². The van der Waals surface area contributed by atoms with Gasteiger partial charge in [-0.25, -0.2) is 0 Å². The van der Waals surface area contributed by atoms with Crippen molar-refractivity contribution in [2.75, 3.05) is 13.6 Å². The second-order valence-corrected chi connectivity index (χ2v) is 7.83. The summed E-state index contributed by atoms with van der Waals surface area (Å²) in [5.41, 5.74) is 2.92. The van der Waals surface area contributed by atoms with Crippen molar-refractivity contribution in [1.29, 1.82) is 0 Å². The number of nitrogens with one attached hydrogen (secondary N) is 1. The number of hydrogen-bond donors (Lipinski definition) is 1. The lowest BCUT2D eigenvalue weighted by molar-refractivity contribution is 0.143. The van der Waals surface area contributed by atoms with Crippen LogP contribution < -0.4 is 5.32 Å². The van der Waals surface area contributed by atoms with Gasteiger partial charge in [0.05, 0.1) is 0 Å². The van der Waals surface area contributed by atoms with Crippen LogP contribution in [0.5, 0.6) is 0 Å². The van der Waals surface area contributed by atoms with Gasteiger partial charge >= 0.3 is 0 Å². The molecule has 0 aliphatic rings. The van der Waals surface area contributed by atoms with Crippen molar-refractivity contribution in [3.05, 3.63) is 33.8 Å². The van der Waals surface area contributed by atoms with Gasteiger partial charge in [0.1, 0.15) is 0 Å². The fourth-order valence-corrected chi connectivity index (χ4v) is 2.63. The van der Waals surface area contributed by atoms with E-state index >= 15 is 0 Å². The smallest absolute Gasteiger partial charge is 0.0247 e. The van der Waals surface area contributed by atoms with E-state index in [4.69, 9.17) is 0 Å². The Hall–Kier alpha value is -0.380. The van der Waals surface area contributed by atoms with E-state index in [1.807, 2.05) is 0 Å². The van der Waals surface area contributed by atoms with Crippen molar-refractivity contribution >= 4 is 15.9 Å². The largest absolute Gasteiger partial charge is 0.312 e. The lowest BCUT2D eigenvalue weighted by atomic mass is 9.99. The second-order valence-electron chi connectivity index (χ2n) is 6.97. The lowest BCUT2D eigenvalue weighted by Crippen LogP contribution is -2.39. The van der Waals surface area contributed by atoms with Crippen LogP contribution in [0, 0.1) is 5.92 Å². The molecule has 0 atom stereocenters. The number of nitrogens with zero attached hydrogens (tertiary/aromatic N) is 1. The van der Waals surface area contributed by atoms with Gasteiger partial charge in [-0.05, 0) is 57.0 Å². The van der Waals surface area contributed by atoms with Crippen LogP contribution in [0.15, 0.2) is 22.7 Å². The zero-order chi connectivity index (χ0) is 16.0. The van der Waals surface area contributed by atoms with E-state index in [-0.39, 0.29) is 5.54 Å². The Morgan fingerprint density at radius 1 is 1.29 bits per heavy atom. The van der Waals surface area contributed by atoms with Crippen LogP contribution in [0.25, 0.3) is 0 Å². The SMILES string of the molecule is CCC(C)(C)N(C)Cc1ccc(CNCC(C)C)cc1Br. The third kappa shape index (κ3) is 6.09. The van der Waals surface area contributed by atoms with Gasteiger partial charge in [0.2, 0.25) is 0 Å². The van der Waals surface area contributed by atoms with Gasteiger partial charge in [0.25, 0.3) is 0 Å². The molecule has 120 valence electrons. The quantitative estimate of drug-likeness (QED) is 0.720. The molecule has 0 saturated carbocycles. The molecule has 1 aromatic carbocycles. The van der Waals surface area contributed by atoms with Crippen molar-refractivity contribution in [1.82, 2.24) is 10.2 Å². The molecule has 1 rings (SSSR count). The summed E-state index contributed by atoms with van der Waals surface area (Å²) in [5, 5.41) is 3.49. The Balaban J connectivity index is 2.66. The fourth-order valence-electron chi connectivity index (χ4n) is 2.07. The molecule has 0 saturated heterocycles. The minimum absolute atomic E-state index is 0.233. The van der Waals surface area contributed by atoms with E-state index in [1.54, 1.807) is 0 Å². The molecule has 0 heterocycles. The third-order valence-electron chi connectivity index (χ3n) is 4.31. The molecule has 0 amide bonds. The normalized spacial score (nSPS) is 12.4. The first-order valence-electron chi connectivity index (χ1n) is 7.95. The molecule has 0 radical (unpaired) electrons. The standard InChI is InChI=1S/C18H31BrN2/c1-7-18(4,5)21(6)13-16-9-8-15(10-17(16)19)12-20-11-14(2)3/h8-10,14,20H,7,11-13H2,1-6H3. The highest BCUT2D eigenvalue weighted by molar-refractivity contribution is 9.10. The molecule has 0 unspecified atom stereocenters. The molecule has 2 nitrogen and oxygen atoms in total. The molecule has 0 aliphatic carbocycles. The minimum Gasteiger partial charge on any atom is -0.312 e. The van der Waals surface area contributed by atoms with E-state index < -0.39 is 0 Å². The third-order valence-corrected chi connectivity index (χ3v) is 5.04. The monoisotopic (exact) mass is 354 g/mol. The van der Waals surface area contributed by atoms with Crippen LogP contribution in [0.3, 0.4) is 0 Å². The maximum absolute atomic E-state index is 3.73. The highest BCUT2D eigenvalue weighted by Crippen LogP contribution is 2.24. The van der Waals surface area contributed by atoms with Gasteiger partial charge in [-0.3, -0.25) is 4.90 Å². The highest BCUT2D eigenvalue weighted by Gasteiger charge is 2.21. The summed E-state index contributed by atoms with van der Waals surface area (Å²) in [6.07, 6.45) is 1.15. The first-order valence-corrected chi connectivity index (χ1v) is 8.74. The molecule has 3 heteroatoms. The summed E-state index contributed by atoms with van der Waals surface area (Å²) in [6.45, 7) is 14.3. The summed E-state index contributed by atoms with van der Waals surface area (Å²) in [6, 6.07) is 6.73. The molecule has 0 aromatic heterocycles. The maximum atomic E-state index is 3.73. The predicted molar refractivity (Wildman–Crippen MR) is 96.5 cm³/mol. The maximum Gasteiger partial charge on any atom is 0.0247 e. The average molecular weight is 355 g/mol. The summed E-state index contributed by atoms with van der Waals surface area (Å²) in [4.78, 5) is 2.42. The Labute approximate surface area is 139 Å². The van der Waals surface area contributed by atoms with Crippen molar-refractivity contribution < 1.29 is 0 Å². The molecule has 1 N–H and O–H groups in total. The van der Waals surface area contributed by atoms with E-state index in [0.29, 0.717) is 5.92 Å². The first-order chi connectivity index (χ1) is 9.76. The van der Waals surface area contributed by atoms with E-state index in [1.165, 1.54) is 15.6 Å². The van der Waals surface area contributed by atoms with Gasteiger partial charge in [-0.15, -0.1) is 0 Å². The van der Waals surface area contributed by atoms with E-state index in [0.717, 1.165) is 26.1 Å². The Bertz CT molecular complexity index is 441. The topological polar surface area (TPSA) is 15.3 Å². The summed E-state index contributed by atoms with van der Waals surface area (Å²) in [7, 11) is 2.20. The molecule has 1 aromatic rings. The van der Waals surface area contributed by atoms with Crippen LogP contribution in [-0.2, 0) is 13.1 Å². The molecule has 0 bridgehead atoms. The molecule has 21 heavy (non-hydrogen) atoms. The van der Waals surface area contributed by atoms with Crippen LogP contribution in [0.4, 0.5) is 0 Å². The molecule has 0 spiro atoms. The van der Waals surface area contributed by atoms with Crippen molar-refractivity contribution in [3.8, 4) is 0 Å². The minimum atomic E-state index is 0.233. The van der Waals surface area contributed by atoms with Crippen LogP contribution >= 0.6 is 15.9 Å². The van der Waals surface area contributed by atoms with E-state index in [2.05, 4.69) is 86.0 Å². The zero-order valence-corrected chi connectivity index (χ0v) is 16.0. The van der Waals surface area contributed by atoms with Crippen LogP contribution in [-0.4, -0.2) is 24.0 Å². The second kappa shape index (κ2) is 8.30. The Morgan fingerprint density at radius 3 is 2.48 bits per heavy atom.